The van der Waals surface area contributed by atoms with E-state index in [1.54, 1.807) is 0 Å². The molecule has 0 radical (unpaired) electrons. The van der Waals surface area contributed by atoms with Crippen molar-refractivity contribution in [2.24, 2.45) is 11.8 Å². The Hall–Kier alpha value is -3.17. The quantitative estimate of drug-likeness (QED) is 0.580. The monoisotopic (exact) mass is 562 g/mol. The number of nitrogens with zero attached hydrogens (tertiary/aromatic N) is 5. The van der Waals surface area contributed by atoms with Gasteiger partial charge in [0, 0.05) is 95.4 Å². The van der Waals surface area contributed by atoms with Crippen molar-refractivity contribution in [1.29, 1.82) is 0 Å². The van der Waals surface area contributed by atoms with E-state index in [9.17, 15) is 9.59 Å². The van der Waals surface area contributed by atoms with Crippen LogP contribution >= 0.6 is 0 Å². The van der Waals surface area contributed by atoms with Crippen LogP contribution < -0.4 is 15.0 Å². The summed E-state index contributed by atoms with van der Waals surface area (Å²) >= 11 is 0. The van der Waals surface area contributed by atoms with Gasteiger partial charge in [-0.05, 0) is 68.5 Å². The molecule has 0 saturated carbocycles. The second-order valence-electron chi connectivity index (χ2n) is 11.9. The summed E-state index contributed by atoms with van der Waals surface area (Å²) in [6.07, 6.45) is 6.06. The van der Waals surface area contributed by atoms with Gasteiger partial charge in [0.15, 0.2) is 0 Å². The molecule has 2 aromatic rings. The Labute approximate surface area is 244 Å². The number of pyridine rings is 1. The molecular weight excluding hydrogens is 516 g/mol. The van der Waals surface area contributed by atoms with Gasteiger partial charge in [-0.15, -0.1) is 0 Å². The average molecular weight is 563 g/mol. The highest BCUT2D eigenvalue weighted by molar-refractivity contribution is 5.79. The summed E-state index contributed by atoms with van der Waals surface area (Å²) in [6, 6.07) is 12.4. The number of rotatable bonds is 6. The maximum Gasteiger partial charge on any atom is 0.236 e. The summed E-state index contributed by atoms with van der Waals surface area (Å²) in [5.74, 6) is 1.93. The minimum atomic E-state index is 0.143. The third-order valence-corrected chi connectivity index (χ3v) is 9.02. The lowest BCUT2D eigenvalue weighted by atomic mass is 9.80. The number of piperidine rings is 1. The number of aromatic nitrogens is 1. The molecule has 41 heavy (non-hydrogen) atoms. The summed E-state index contributed by atoms with van der Waals surface area (Å²) < 4.78 is 6.30. The summed E-state index contributed by atoms with van der Waals surface area (Å²) in [5.41, 5.74) is 3.26. The maximum absolute atomic E-state index is 13.2. The first kappa shape index (κ1) is 29.3. The molecule has 0 aliphatic carbocycles. The molecule has 1 N–H and O–H groups in total. The van der Waals surface area contributed by atoms with Gasteiger partial charge in [-0.25, -0.2) is 0 Å². The van der Waals surface area contributed by atoms with Gasteiger partial charge in [-0.2, -0.15) is 0 Å². The second-order valence-corrected chi connectivity index (χ2v) is 11.9. The predicted molar refractivity (Wildman–Crippen MR) is 161 cm³/mol. The molecule has 9 heteroatoms. The topological polar surface area (TPSA) is 81.2 Å². The lowest BCUT2D eigenvalue weighted by Gasteiger charge is -2.40. The summed E-state index contributed by atoms with van der Waals surface area (Å²) in [4.78, 5) is 39.3. The van der Waals surface area contributed by atoms with Gasteiger partial charge in [-0.3, -0.25) is 14.6 Å². The van der Waals surface area contributed by atoms with Crippen LogP contribution in [0.25, 0.3) is 0 Å². The van der Waals surface area contributed by atoms with Crippen LogP contribution in [-0.4, -0.2) is 105 Å². The van der Waals surface area contributed by atoms with E-state index >= 15 is 0 Å². The van der Waals surface area contributed by atoms with E-state index in [1.165, 1.54) is 0 Å². The molecule has 9 nitrogen and oxygen atoms in total. The molecule has 0 spiro atoms. The van der Waals surface area contributed by atoms with Gasteiger partial charge >= 0.3 is 0 Å². The number of amides is 2. The minimum Gasteiger partial charge on any atom is -0.493 e. The van der Waals surface area contributed by atoms with Gasteiger partial charge in [0.05, 0.1) is 13.2 Å². The highest BCUT2D eigenvalue weighted by atomic mass is 16.5. The SMILES string of the molecule is CN1CCN(C(=O)C[C@@H]2CCN3C[C@@H]2CCCOc2ccc(N(C)CCc4ccccn4)cc2CNCC3=O)CC1. The molecule has 1 aromatic heterocycles. The Bertz CT molecular complexity index is 1150. The zero-order chi connectivity index (χ0) is 28.6. The van der Waals surface area contributed by atoms with Gasteiger partial charge < -0.3 is 29.7 Å². The van der Waals surface area contributed by atoms with Crippen LogP contribution in [0.2, 0.25) is 0 Å². The Balaban J connectivity index is 1.21. The van der Waals surface area contributed by atoms with Crippen molar-refractivity contribution in [3.05, 3.63) is 53.9 Å². The fraction of sp³-hybridized carbons (Fsp3) is 0.594. The molecule has 0 unspecified atom stereocenters. The molecule has 3 aliphatic rings. The Morgan fingerprint density at radius 3 is 2.76 bits per heavy atom. The van der Waals surface area contributed by atoms with Gasteiger partial charge in [0.2, 0.25) is 11.8 Å². The first-order valence-electron chi connectivity index (χ1n) is 15.3. The molecule has 222 valence electrons. The van der Waals surface area contributed by atoms with Crippen molar-refractivity contribution < 1.29 is 14.3 Å². The number of hydrogen-bond donors (Lipinski definition) is 1. The molecule has 2 atom stereocenters. The predicted octanol–water partition coefficient (Wildman–Crippen LogP) is 2.65. The molecule has 1 aromatic carbocycles. The van der Waals surface area contributed by atoms with Crippen molar-refractivity contribution in [2.75, 3.05) is 78.0 Å². The van der Waals surface area contributed by atoms with Crippen LogP contribution in [-0.2, 0) is 22.6 Å². The zero-order valence-electron chi connectivity index (χ0n) is 24.8. The van der Waals surface area contributed by atoms with Gasteiger partial charge in [0.1, 0.15) is 5.75 Å². The standard InChI is InChI=1S/C32H46N6O3/c1-35-15-17-37(18-16-35)31(39)21-25-10-14-38-24-26(25)6-5-19-41-30-9-8-29(20-27(30)22-33-23-32(38)40)36(2)13-11-28-7-3-4-12-34-28/h3-4,7-9,12,20,25-26,33H,5-6,10-11,13-19,21-24H2,1-2H3/t25-,26-/m0/s1. The largest absolute Gasteiger partial charge is 0.493 e. The zero-order valence-corrected chi connectivity index (χ0v) is 24.8. The number of fused-ring (bicyclic) bond motifs is 3. The number of anilines is 1. The van der Waals surface area contributed by atoms with E-state index in [-0.39, 0.29) is 11.8 Å². The summed E-state index contributed by atoms with van der Waals surface area (Å²) in [5, 5.41) is 3.38. The number of ether oxygens (including phenoxy) is 1. The molecular formula is C32H46N6O3. The number of likely N-dealkylation sites (N-methyl/N-ethyl adjacent to an activating group) is 2. The maximum atomic E-state index is 13.2. The summed E-state index contributed by atoms with van der Waals surface area (Å²) in [6.45, 7) is 7.35. The summed E-state index contributed by atoms with van der Waals surface area (Å²) in [7, 11) is 4.21. The van der Waals surface area contributed by atoms with Crippen molar-refractivity contribution in [2.45, 2.75) is 38.6 Å². The van der Waals surface area contributed by atoms with Gasteiger partial charge in [-0.1, -0.05) is 6.07 Å². The number of carbonyl (C=O) groups is 2. The number of carbonyl (C=O) groups excluding carboxylic acids is 2. The van der Waals surface area contributed by atoms with E-state index in [4.69, 9.17) is 4.74 Å². The van der Waals surface area contributed by atoms with Gasteiger partial charge in [0.25, 0.3) is 0 Å². The third-order valence-electron chi connectivity index (χ3n) is 9.02. The van der Waals surface area contributed by atoms with Crippen LogP contribution in [0.3, 0.4) is 0 Å². The van der Waals surface area contributed by atoms with E-state index in [2.05, 4.69) is 58.5 Å². The average Bonchev–Trinajstić information content (AvgIpc) is 3.00. The fourth-order valence-electron chi connectivity index (χ4n) is 6.30. The van der Waals surface area contributed by atoms with Crippen LogP contribution in [0.4, 0.5) is 5.69 Å². The lowest BCUT2D eigenvalue weighted by Crippen LogP contribution is -2.50. The highest BCUT2D eigenvalue weighted by Gasteiger charge is 2.34. The molecule has 2 saturated heterocycles. The Morgan fingerprint density at radius 2 is 1.95 bits per heavy atom. The number of benzene rings is 1. The molecule has 2 fully saturated rings. The van der Waals surface area contributed by atoms with Crippen LogP contribution in [0.1, 0.15) is 36.9 Å². The highest BCUT2D eigenvalue weighted by Crippen LogP contribution is 2.32. The van der Waals surface area contributed by atoms with Crippen LogP contribution in [0.5, 0.6) is 5.75 Å². The van der Waals surface area contributed by atoms with Crippen LogP contribution in [0, 0.1) is 11.8 Å². The number of piperazine rings is 1. The van der Waals surface area contributed by atoms with E-state index in [0.29, 0.717) is 38.0 Å². The smallest absolute Gasteiger partial charge is 0.236 e. The minimum absolute atomic E-state index is 0.143. The van der Waals surface area contributed by atoms with Crippen LogP contribution in [0.15, 0.2) is 42.6 Å². The van der Waals surface area contributed by atoms with Crippen molar-refractivity contribution in [1.82, 2.24) is 25.0 Å². The molecule has 3 aliphatic heterocycles. The van der Waals surface area contributed by atoms with Crippen molar-refractivity contribution >= 4 is 17.5 Å². The second kappa shape index (κ2) is 14.1. The first-order chi connectivity index (χ1) is 20.0. The molecule has 2 amide bonds. The first-order valence-corrected chi connectivity index (χ1v) is 15.3. The van der Waals surface area contributed by atoms with E-state index in [0.717, 1.165) is 94.2 Å². The lowest BCUT2D eigenvalue weighted by molar-refractivity contribution is -0.136. The molecule has 4 heterocycles. The molecule has 5 rings (SSSR count). The number of hydrogen-bond acceptors (Lipinski definition) is 7. The van der Waals surface area contributed by atoms with Crippen molar-refractivity contribution in [3.8, 4) is 5.75 Å². The fourth-order valence-corrected chi connectivity index (χ4v) is 6.30. The van der Waals surface area contributed by atoms with Crippen molar-refractivity contribution in [3.63, 3.8) is 0 Å². The van der Waals surface area contributed by atoms with E-state index < -0.39 is 0 Å². The Kier molecular flexibility index (Phi) is 10.1. The number of nitrogens with one attached hydrogen (secondary N) is 1. The third kappa shape index (κ3) is 7.98. The Morgan fingerprint density at radius 1 is 1.10 bits per heavy atom. The normalized spacial score (nSPS) is 22.5. The van der Waals surface area contributed by atoms with E-state index in [1.807, 2.05) is 28.1 Å². The molecule has 2 bridgehead atoms.